The third kappa shape index (κ3) is 4.80. The van der Waals surface area contributed by atoms with E-state index in [1.54, 1.807) is 0 Å². The van der Waals surface area contributed by atoms with Crippen LogP contribution in [-0.4, -0.2) is 24.3 Å². The van der Waals surface area contributed by atoms with Gasteiger partial charge in [0.15, 0.2) is 0 Å². The van der Waals surface area contributed by atoms with E-state index >= 15 is 0 Å². The molecule has 0 aromatic heterocycles. The summed E-state index contributed by atoms with van der Waals surface area (Å²) in [5.74, 6) is 0.848. The van der Waals surface area contributed by atoms with Gasteiger partial charge in [-0.3, -0.25) is 0 Å². The Kier molecular flexibility index (Phi) is 5.61. The van der Waals surface area contributed by atoms with Crippen LogP contribution in [0.15, 0.2) is 24.3 Å². The first-order valence-electron chi connectivity index (χ1n) is 6.90. The van der Waals surface area contributed by atoms with Crippen molar-refractivity contribution in [3.05, 3.63) is 29.8 Å². The summed E-state index contributed by atoms with van der Waals surface area (Å²) in [5.41, 5.74) is 6.40. The molecule has 1 aliphatic rings. The molecule has 1 saturated carbocycles. The predicted octanol–water partition coefficient (Wildman–Crippen LogP) is 3.05. The molecule has 0 atom stereocenters. The highest BCUT2D eigenvalue weighted by atomic mass is 32.1. The minimum Gasteiger partial charge on any atom is -0.494 e. The average Bonchev–Trinajstić information content (AvgIpc) is 2.92. The number of hydrogen-bond donors (Lipinski definition) is 1. The van der Waals surface area contributed by atoms with E-state index in [0.717, 1.165) is 24.3 Å². The van der Waals surface area contributed by atoms with Crippen molar-refractivity contribution in [3.8, 4) is 5.75 Å². The van der Waals surface area contributed by atoms with Gasteiger partial charge in [0.05, 0.1) is 19.3 Å². The fourth-order valence-corrected chi connectivity index (χ4v) is 2.41. The van der Waals surface area contributed by atoms with E-state index in [9.17, 15) is 0 Å². The van der Waals surface area contributed by atoms with Gasteiger partial charge in [0.1, 0.15) is 10.7 Å². The molecule has 0 saturated heterocycles. The van der Waals surface area contributed by atoms with Gasteiger partial charge in [0.25, 0.3) is 0 Å². The standard InChI is InChI=1S/C15H21NO2S/c16-15(19)12-6-8-14(9-7-12)18-11-3-10-17-13-4-1-2-5-13/h6-9,13H,1-5,10-11H2,(H2,16,19). The van der Waals surface area contributed by atoms with E-state index < -0.39 is 0 Å². The molecule has 2 N–H and O–H groups in total. The van der Waals surface area contributed by atoms with Gasteiger partial charge in [-0.25, -0.2) is 0 Å². The highest BCUT2D eigenvalue weighted by Crippen LogP contribution is 2.21. The minimum absolute atomic E-state index is 0.413. The zero-order chi connectivity index (χ0) is 13.5. The Balaban J connectivity index is 1.61. The van der Waals surface area contributed by atoms with Crippen LogP contribution in [0.3, 0.4) is 0 Å². The highest BCUT2D eigenvalue weighted by Gasteiger charge is 2.14. The van der Waals surface area contributed by atoms with Gasteiger partial charge in [0, 0.05) is 12.0 Å². The molecule has 4 heteroatoms. The quantitative estimate of drug-likeness (QED) is 0.615. The van der Waals surface area contributed by atoms with E-state index in [4.69, 9.17) is 27.4 Å². The molecule has 2 rings (SSSR count). The van der Waals surface area contributed by atoms with Gasteiger partial charge in [-0.15, -0.1) is 0 Å². The Bertz CT molecular complexity index is 399. The van der Waals surface area contributed by atoms with Gasteiger partial charge in [-0.05, 0) is 37.1 Å². The van der Waals surface area contributed by atoms with Gasteiger partial charge in [-0.1, -0.05) is 25.1 Å². The van der Waals surface area contributed by atoms with Crippen molar-refractivity contribution in [3.63, 3.8) is 0 Å². The van der Waals surface area contributed by atoms with Crippen LogP contribution in [0.25, 0.3) is 0 Å². The largest absolute Gasteiger partial charge is 0.494 e. The van der Waals surface area contributed by atoms with Crippen molar-refractivity contribution in [2.75, 3.05) is 13.2 Å². The van der Waals surface area contributed by atoms with Gasteiger partial charge in [0.2, 0.25) is 0 Å². The molecule has 0 radical (unpaired) electrons. The van der Waals surface area contributed by atoms with Crippen LogP contribution in [-0.2, 0) is 4.74 Å². The van der Waals surface area contributed by atoms with Crippen LogP contribution in [0.1, 0.15) is 37.7 Å². The van der Waals surface area contributed by atoms with Crippen LogP contribution < -0.4 is 10.5 Å². The van der Waals surface area contributed by atoms with Crippen LogP contribution in [0.5, 0.6) is 5.75 Å². The first kappa shape index (κ1) is 14.3. The number of rotatable bonds is 7. The molecular weight excluding hydrogens is 258 g/mol. The van der Waals surface area contributed by atoms with Crippen molar-refractivity contribution >= 4 is 17.2 Å². The summed E-state index contributed by atoms with van der Waals surface area (Å²) in [7, 11) is 0. The summed E-state index contributed by atoms with van der Waals surface area (Å²) in [4.78, 5) is 0.413. The summed E-state index contributed by atoms with van der Waals surface area (Å²) in [5, 5.41) is 0. The monoisotopic (exact) mass is 279 g/mol. The lowest BCUT2D eigenvalue weighted by atomic mass is 10.2. The first-order chi connectivity index (χ1) is 9.25. The summed E-state index contributed by atoms with van der Waals surface area (Å²) in [6, 6.07) is 7.55. The number of ether oxygens (including phenoxy) is 2. The van der Waals surface area contributed by atoms with Crippen molar-refractivity contribution < 1.29 is 9.47 Å². The molecule has 1 aromatic carbocycles. The molecule has 0 bridgehead atoms. The summed E-state index contributed by atoms with van der Waals surface area (Å²) in [6.07, 6.45) is 6.49. The number of thiocarbonyl (C=S) groups is 1. The molecule has 104 valence electrons. The van der Waals surface area contributed by atoms with E-state index in [1.165, 1.54) is 25.7 Å². The van der Waals surface area contributed by atoms with E-state index in [0.29, 0.717) is 17.7 Å². The lowest BCUT2D eigenvalue weighted by Gasteiger charge is -2.11. The second kappa shape index (κ2) is 7.46. The molecule has 0 aliphatic heterocycles. The Labute approximate surface area is 120 Å². The summed E-state index contributed by atoms with van der Waals surface area (Å²) >= 11 is 4.90. The Hall–Kier alpha value is -1.13. The van der Waals surface area contributed by atoms with E-state index in [2.05, 4.69) is 0 Å². The van der Waals surface area contributed by atoms with Gasteiger partial charge in [-0.2, -0.15) is 0 Å². The maximum atomic E-state index is 5.78. The molecule has 1 fully saturated rings. The molecule has 19 heavy (non-hydrogen) atoms. The predicted molar refractivity (Wildman–Crippen MR) is 80.6 cm³/mol. The van der Waals surface area contributed by atoms with E-state index in [-0.39, 0.29) is 0 Å². The molecule has 0 spiro atoms. The normalized spacial score (nSPS) is 15.6. The summed E-state index contributed by atoms with van der Waals surface area (Å²) in [6.45, 7) is 1.47. The topological polar surface area (TPSA) is 44.5 Å². The molecule has 1 aromatic rings. The molecule has 0 heterocycles. The summed E-state index contributed by atoms with van der Waals surface area (Å²) < 4.78 is 11.4. The number of nitrogens with two attached hydrogens (primary N) is 1. The van der Waals surface area contributed by atoms with Crippen molar-refractivity contribution in [2.24, 2.45) is 5.73 Å². The molecule has 0 amide bonds. The number of hydrogen-bond acceptors (Lipinski definition) is 3. The lowest BCUT2D eigenvalue weighted by molar-refractivity contribution is 0.0505. The third-order valence-corrected chi connectivity index (χ3v) is 3.59. The van der Waals surface area contributed by atoms with Crippen LogP contribution in [0, 0.1) is 0 Å². The van der Waals surface area contributed by atoms with Crippen LogP contribution >= 0.6 is 12.2 Å². The van der Waals surface area contributed by atoms with Crippen LogP contribution in [0.4, 0.5) is 0 Å². The Morgan fingerprint density at radius 3 is 2.47 bits per heavy atom. The van der Waals surface area contributed by atoms with E-state index in [1.807, 2.05) is 24.3 Å². The highest BCUT2D eigenvalue weighted by molar-refractivity contribution is 7.80. The second-order valence-electron chi connectivity index (χ2n) is 4.87. The molecule has 3 nitrogen and oxygen atoms in total. The number of benzene rings is 1. The zero-order valence-electron chi connectivity index (χ0n) is 11.1. The zero-order valence-corrected chi connectivity index (χ0v) is 12.0. The molecular formula is C15H21NO2S. The Morgan fingerprint density at radius 1 is 1.16 bits per heavy atom. The van der Waals surface area contributed by atoms with Crippen molar-refractivity contribution in [1.82, 2.24) is 0 Å². The van der Waals surface area contributed by atoms with Crippen molar-refractivity contribution in [1.29, 1.82) is 0 Å². The average molecular weight is 279 g/mol. The maximum absolute atomic E-state index is 5.78. The third-order valence-electron chi connectivity index (χ3n) is 3.35. The van der Waals surface area contributed by atoms with Gasteiger partial charge < -0.3 is 15.2 Å². The van der Waals surface area contributed by atoms with Gasteiger partial charge >= 0.3 is 0 Å². The smallest absolute Gasteiger partial charge is 0.119 e. The fourth-order valence-electron chi connectivity index (χ4n) is 2.27. The maximum Gasteiger partial charge on any atom is 0.119 e. The SMILES string of the molecule is NC(=S)c1ccc(OCCCOC2CCCC2)cc1. The lowest BCUT2D eigenvalue weighted by Crippen LogP contribution is -2.11. The molecule has 1 aliphatic carbocycles. The Morgan fingerprint density at radius 2 is 1.84 bits per heavy atom. The fraction of sp³-hybridized carbons (Fsp3) is 0.533. The van der Waals surface area contributed by atoms with Crippen molar-refractivity contribution in [2.45, 2.75) is 38.2 Å². The minimum atomic E-state index is 0.413. The molecule has 0 unspecified atom stereocenters. The van der Waals surface area contributed by atoms with Crippen LogP contribution in [0.2, 0.25) is 0 Å². The second-order valence-corrected chi connectivity index (χ2v) is 5.31. The first-order valence-corrected chi connectivity index (χ1v) is 7.31.